The number of aryl methyl sites for hydroxylation is 2. The molecule has 2 aromatic rings. The minimum absolute atomic E-state index is 0.292. The molecule has 0 unspecified atom stereocenters. The number of aromatic amines is 1. The Kier molecular flexibility index (Phi) is 2.01. The van der Waals surface area contributed by atoms with E-state index < -0.39 is 0 Å². The van der Waals surface area contributed by atoms with Crippen molar-refractivity contribution in [3.63, 3.8) is 0 Å². The maximum Gasteiger partial charge on any atom is 0.284 e. The topological polar surface area (TPSA) is 54.7 Å². The maximum absolute atomic E-state index is 5.18. The van der Waals surface area contributed by atoms with E-state index in [-0.39, 0.29) is 0 Å². The summed E-state index contributed by atoms with van der Waals surface area (Å²) < 4.78 is 5.18. The predicted molar refractivity (Wildman–Crippen MR) is 52.3 cm³/mol. The van der Waals surface area contributed by atoms with Crippen LogP contribution < -0.4 is 0 Å². The molecule has 2 aromatic heterocycles. The molecule has 0 aromatic carbocycles. The molecule has 0 saturated carbocycles. The average molecular weight is 213 g/mol. The molecule has 0 radical (unpaired) electrons. The zero-order valence-electron chi connectivity index (χ0n) is 7.12. The van der Waals surface area contributed by atoms with Crippen LogP contribution in [-0.4, -0.2) is 15.2 Å². The smallest absolute Gasteiger partial charge is 0.284 e. The van der Waals surface area contributed by atoms with Crippen LogP contribution in [0.15, 0.2) is 4.42 Å². The van der Waals surface area contributed by atoms with Gasteiger partial charge in [0.05, 0.1) is 10.7 Å². The van der Waals surface area contributed by atoms with Gasteiger partial charge in [0.2, 0.25) is 0 Å². The zero-order valence-corrected chi connectivity index (χ0v) is 8.75. The average Bonchev–Trinajstić information content (AvgIpc) is 2.58. The van der Waals surface area contributed by atoms with Gasteiger partial charge in [0, 0.05) is 0 Å². The van der Waals surface area contributed by atoms with E-state index in [1.54, 1.807) is 11.3 Å². The summed E-state index contributed by atoms with van der Waals surface area (Å²) >= 11 is 6.33. The fourth-order valence-electron chi connectivity index (χ4n) is 1.06. The monoisotopic (exact) mass is 213 g/mol. The van der Waals surface area contributed by atoms with Crippen molar-refractivity contribution in [2.45, 2.75) is 13.8 Å². The minimum Gasteiger partial charge on any atom is -0.408 e. The Bertz CT molecular complexity index is 482. The molecule has 0 spiro atoms. The molecular weight excluding hydrogens is 206 g/mol. The van der Waals surface area contributed by atoms with Crippen molar-refractivity contribution in [1.29, 1.82) is 0 Å². The third kappa shape index (κ3) is 1.54. The Morgan fingerprint density at radius 1 is 1.46 bits per heavy atom. The van der Waals surface area contributed by atoms with Gasteiger partial charge in [-0.25, -0.2) is 10.1 Å². The summed E-state index contributed by atoms with van der Waals surface area (Å²) in [4.78, 5) is 5.49. The number of thiazole rings is 1. The van der Waals surface area contributed by atoms with Gasteiger partial charge < -0.3 is 4.42 Å². The highest BCUT2D eigenvalue weighted by molar-refractivity contribution is 7.71. The zero-order chi connectivity index (χ0) is 9.42. The van der Waals surface area contributed by atoms with Gasteiger partial charge in [0.25, 0.3) is 10.7 Å². The van der Waals surface area contributed by atoms with Gasteiger partial charge in [0.1, 0.15) is 4.88 Å². The van der Waals surface area contributed by atoms with Crippen molar-refractivity contribution in [2.75, 3.05) is 0 Å². The van der Waals surface area contributed by atoms with Crippen molar-refractivity contribution in [3.05, 3.63) is 15.5 Å². The van der Waals surface area contributed by atoms with Crippen LogP contribution in [0.4, 0.5) is 0 Å². The molecule has 0 aliphatic heterocycles. The second-order valence-corrected chi connectivity index (χ2v) is 4.14. The van der Waals surface area contributed by atoms with Crippen LogP contribution in [-0.2, 0) is 0 Å². The van der Waals surface area contributed by atoms with Gasteiger partial charge in [-0.05, 0) is 26.1 Å². The number of aromatic nitrogens is 3. The molecule has 6 heteroatoms. The highest BCUT2D eigenvalue weighted by atomic mass is 32.1. The Balaban J connectivity index is 2.57. The van der Waals surface area contributed by atoms with E-state index >= 15 is 0 Å². The molecule has 1 N–H and O–H groups in total. The van der Waals surface area contributed by atoms with Gasteiger partial charge in [0.15, 0.2) is 0 Å². The highest BCUT2D eigenvalue weighted by Gasteiger charge is 2.11. The Morgan fingerprint density at radius 2 is 2.23 bits per heavy atom. The molecular formula is C7H7N3OS2. The SMILES string of the molecule is Cc1nc(C)c(-c2n[nH]c(=S)o2)s1. The fourth-order valence-corrected chi connectivity index (χ4v) is 2.03. The molecule has 0 fully saturated rings. The van der Waals surface area contributed by atoms with Crippen molar-refractivity contribution in [2.24, 2.45) is 0 Å². The van der Waals surface area contributed by atoms with Crippen LogP contribution >= 0.6 is 23.6 Å². The first-order valence-corrected chi connectivity index (χ1v) is 4.89. The summed E-state index contributed by atoms with van der Waals surface area (Å²) in [5.41, 5.74) is 0.924. The summed E-state index contributed by atoms with van der Waals surface area (Å²) in [6, 6.07) is 0. The fraction of sp³-hybridized carbons (Fsp3) is 0.286. The van der Waals surface area contributed by atoms with Crippen molar-refractivity contribution in [3.8, 4) is 10.8 Å². The van der Waals surface area contributed by atoms with Crippen LogP contribution in [0.25, 0.3) is 10.8 Å². The number of H-pyrrole nitrogens is 1. The van der Waals surface area contributed by atoms with E-state index in [0.717, 1.165) is 15.6 Å². The first-order chi connectivity index (χ1) is 6.16. The maximum atomic E-state index is 5.18. The van der Waals surface area contributed by atoms with E-state index in [1.165, 1.54) is 0 Å². The largest absolute Gasteiger partial charge is 0.408 e. The van der Waals surface area contributed by atoms with Gasteiger partial charge >= 0.3 is 0 Å². The lowest BCUT2D eigenvalue weighted by Crippen LogP contribution is -1.77. The van der Waals surface area contributed by atoms with Crippen molar-refractivity contribution in [1.82, 2.24) is 15.2 Å². The minimum atomic E-state index is 0.292. The lowest BCUT2D eigenvalue weighted by molar-refractivity contribution is 0.553. The second-order valence-electron chi connectivity index (χ2n) is 2.57. The predicted octanol–water partition coefficient (Wildman–Crippen LogP) is 2.47. The highest BCUT2D eigenvalue weighted by Crippen LogP contribution is 2.27. The summed E-state index contributed by atoms with van der Waals surface area (Å²) in [5.74, 6) is 0.521. The van der Waals surface area contributed by atoms with Gasteiger partial charge in [-0.2, -0.15) is 0 Å². The first kappa shape index (κ1) is 8.58. The molecule has 2 heterocycles. The van der Waals surface area contributed by atoms with E-state index in [1.807, 2.05) is 13.8 Å². The molecule has 68 valence electrons. The lowest BCUT2D eigenvalue weighted by Gasteiger charge is -1.86. The number of hydrogen-bond acceptors (Lipinski definition) is 5. The van der Waals surface area contributed by atoms with Crippen LogP contribution in [0.1, 0.15) is 10.7 Å². The normalized spacial score (nSPS) is 10.6. The Hall–Kier alpha value is -1.01. The summed E-state index contributed by atoms with van der Waals surface area (Å²) in [5, 5.41) is 7.51. The molecule has 13 heavy (non-hydrogen) atoms. The van der Waals surface area contributed by atoms with E-state index in [0.29, 0.717) is 10.7 Å². The van der Waals surface area contributed by atoms with E-state index in [4.69, 9.17) is 16.6 Å². The molecule has 0 aliphatic rings. The quantitative estimate of drug-likeness (QED) is 0.739. The third-order valence-corrected chi connectivity index (χ3v) is 2.77. The van der Waals surface area contributed by atoms with Crippen molar-refractivity contribution >= 4 is 23.6 Å². The van der Waals surface area contributed by atoms with E-state index in [2.05, 4.69) is 15.2 Å². The van der Waals surface area contributed by atoms with Gasteiger partial charge in [-0.15, -0.1) is 16.4 Å². The molecule has 0 saturated heterocycles. The molecule has 0 bridgehead atoms. The number of hydrogen-bond donors (Lipinski definition) is 1. The lowest BCUT2D eigenvalue weighted by atomic mass is 10.4. The second kappa shape index (κ2) is 3.04. The number of nitrogens with zero attached hydrogens (tertiary/aromatic N) is 2. The van der Waals surface area contributed by atoms with Crippen LogP contribution in [0.2, 0.25) is 0 Å². The van der Waals surface area contributed by atoms with Crippen LogP contribution in [0, 0.1) is 18.7 Å². The van der Waals surface area contributed by atoms with Gasteiger partial charge in [-0.1, -0.05) is 0 Å². The Labute approximate surface area is 83.6 Å². The molecule has 0 amide bonds. The van der Waals surface area contributed by atoms with Crippen LogP contribution in [0.3, 0.4) is 0 Å². The van der Waals surface area contributed by atoms with Crippen molar-refractivity contribution < 1.29 is 4.42 Å². The first-order valence-electron chi connectivity index (χ1n) is 3.67. The molecule has 2 rings (SSSR count). The van der Waals surface area contributed by atoms with Crippen LogP contribution in [0.5, 0.6) is 0 Å². The summed E-state index contributed by atoms with van der Waals surface area (Å²) in [6.45, 7) is 3.87. The summed E-state index contributed by atoms with van der Waals surface area (Å²) in [6.07, 6.45) is 0. The summed E-state index contributed by atoms with van der Waals surface area (Å²) in [7, 11) is 0. The van der Waals surface area contributed by atoms with Gasteiger partial charge in [-0.3, -0.25) is 0 Å². The third-order valence-electron chi connectivity index (χ3n) is 1.54. The Morgan fingerprint density at radius 3 is 2.69 bits per heavy atom. The molecule has 4 nitrogen and oxygen atoms in total. The number of nitrogens with one attached hydrogen (secondary N) is 1. The standard InChI is InChI=1S/C7H7N3OS2/c1-3-5(13-4(2)8-3)6-9-10-7(12)11-6/h1-2H3,(H,10,12). The van der Waals surface area contributed by atoms with E-state index in [9.17, 15) is 0 Å². The molecule has 0 atom stereocenters. The number of rotatable bonds is 1. The molecule has 0 aliphatic carbocycles.